The summed E-state index contributed by atoms with van der Waals surface area (Å²) in [5.41, 5.74) is 3.61. The highest BCUT2D eigenvalue weighted by Crippen LogP contribution is 2.21. The number of benzene rings is 3. The lowest BCUT2D eigenvalue weighted by Gasteiger charge is -2.21. The predicted octanol–water partition coefficient (Wildman–Crippen LogP) is 5.48. The van der Waals surface area contributed by atoms with Gasteiger partial charge in [-0.25, -0.2) is 0 Å². The van der Waals surface area contributed by atoms with Gasteiger partial charge in [0, 0.05) is 18.3 Å². The minimum absolute atomic E-state index is 0.128. The van der Waals surface area contributed by atoms with Crippen molar-refractivity contribution in [2.75, 3.05) is 12.4 Å². The van der Waals surface area contributed by atoms with Crippen LogP contribution in [0.25, 0.3) is 0 Å². The molecule has 0 aromatic heterocycles. The fourth-order valence-corrected chi connectivity index (χ4v) is 3.27. The van der Waals surface area contributed by atoms with Gasteiger partial charge in [0.05, 0.1) is 19.3 Å². The van der Waals surface area contributed by atoms with Crippen molar-refractivity contribution in [2.45, 2.75) is 45.6 Å². The number of hydrogen-bond acceptors (Lipinski definition) is 4. The predicted molar refractivity (Wildman–Crippen MR) is 129 cm³/mol. The van der Waals surface area contributed by atoms with Crippen LogP contribution in [0.4, 0.5) is 5.69 Å². The van der Waals surface area contributed by atoms with Gasteiger partial charge in [-0.05, 0) is 49.6 Å². The van der Waals surface area contributed by atoms with Crippen LogP contribution in [0.5, 0.6) is 5.75 Å². The van der Waals surface area contributed by atoms with Gasteiger partial charge in [-0.1, -0.05) is 60.7 Å². The molecule has 0 aliphatic heterocycles. The highest BCUT2D eigenvalue weighted by molar-refractivity contribution is 5.95. The maximum atomic E-state index is 13.2. The topological polar surface area (TPSA) is 59.6 Å². The lowest BCUT2D eigenvalue weighted by atomic mass is 10.0. The molecule has 5 heteroatoms. The van der Waals surface area contributed by atoms with Crippen molar-refractivity contribution >= 4 is 11.6 Å². The Labute approximate surface area is 190 Å². The Hall–Kier alpha value is -3.15. The lowest BCUT2D eigenvalue weighted by Crippen LogP contribution is -2.32. The van der Waals surface area contributed by atoms with Gasteiger partial charge in [0.2, 0.25) is 5.91 Å². The molecule has 1 amide bonds. The van der Waals surface area contributed by atoms with Crippen LogP contribution in [0.2, 0.25) is 0 Å². The van der Waals surface area contributed by atoms with Crippen LogP contribution in [-0.4, -0.2) is 18.6 Å². The third-order valence-corrected chi connectivity index (χ3v) is 4.91. The Balaban J connectivity index is 1.72. The van der Waals surface area contributed by atoms with Crippen molar-refractivity contribution in [1.29, 1.82) is 0 Å². The molecule has 0 saturated heterocycles. The number of anilines is 1. The molecule has 0 spiro atoms. The first kappa shape index (κ1) is 23.5. The minimum atomic E-state index is -0.503. The van der Waals surface area contributed by atoms with Crippen LogP contribution < -0.4 is 15.4 Å². The molecule has 3 aromatic carbocycles. The Morgan fingerprint density at radius 2 is 1.62 bits per heavy atom. The molecule has 2 N–H and O–H groups in total. The summed E-state index contributed by atoms with van der Waals surface area (Å²) >= 11 is 0. The fraction of sp³-hybridized carbons (Fsp3) is 0.296. The number of amides is 1. The maximum absolute atomic E-state index is 13.2. The average molecular weight is 433 g/mol. The van der Waals surface area contributed by atoms with Crippen molar-refractivity contribution in [3.8, 4) is 5.75 Å². The normalized spacial score (nSPS) is 12.2. The van der Waals surface area contributed by atoms with E-state index in [1.807, 2.05) is 75.4 Å². The van der Waals surface area contributed by atoms with Gasteiger partial charge in [0.1, 0.15) is 11.8 Å². The summed E-state index contributed by atoms with van der Waals surface area (Å²) in [6.07, 6.45) is 0. The SMILES string of the molecule is COc1cccc(NC(=O)C(NCc2cccc(COC(C)(C)C)c2)c2ccccc2)c1. The molecule has 0 radical (unpaired) electrons. The first-order valence-corrected chi connectivity index (χ1v) is 10.8. The molecule has 3 aromatic rings. The highest BCUT2D eigenvalue weighted by Gasteiger charge is 2.20. The molecule has 0 aliphatic rings. The van der Waals surface area contributed by atoms with Crippen molar-refractivity contribution in [3.05, 3.63) is 95.6 Å². The zero-order valence-electron chi connectivity index (χ0n) is 19.2. The van der Waals surface area contributed by atoms with E-state index in [1.165, 1.54) is 0 Å². The van der Waals surface area contributed by atoms with Gasteiger partial charge >= 0.3 is 0 Å². The maximum Gasteiger partial charge on any atom is 0.246 e. The van der Waals surface area contributed by atoms with Crippen molar-refractivity contribution in [3.63, 3.8) is 0 Å². The monoisotopic (exact) mass is 432 g/mol. The van der Waals surface area contributed by atoms with E-state index >= 15 is 0 Å². The number of methoxy groups -OCH3 is 1. The molecule has 0 saturated carbocycles. The van der Waals surface area contributed by atoms with Gasteiger partial charge in [-0.3, -0.25) is 10.1 Å². The summed E-state index contributed by atoms with van der Waals surface area (Å²) < 4.78 is 11.2. The minimum Gasteiger partial charge on any atom is -0.497 e. The number of ether oxygens (including phenoxy) is 2. The molecule has 1 atom stereocenters. The quantitative estimate of drug-likeness (QED) is 0.470. The Morgan fingerprint density at radius 3 is 2.34 bits per heavy atom. The van der Waals surface area contributed by atoms with Gasteiger partial charge in [-0.15, -0.1) is 0 Å². The molecular formula is C27H32N2O3. The van der Waals surface area contributed by atoms with Crippen LogP contribution in [0.3, 0.4) is 0 Å². The van der Waals surface area contributed by atoms with E-state index in [1.54, 1.807) is 13.2 Å². The molecule has 0 heterocycles. The summed E-state index contributed by atoms with van der Waals surface area (Å²) in [5, 5.41) is 6.41. The first-order valence-electron chi connectivity index (χ1n) is 10.8. The van der Waals surface area contributed by atoms with E-state index in [4.69, 9.17) is 9.47 Å². The molecule has 0 bridgehead atoms. The third-order valence-electron chi connectivity index (χ3n) is 4.91. The molecule has 1 unspecified atom stereocenters. The smallest absolute Gasteiger partial charge is 0.246 e. The zero-order chi connectivity index (χ0) is 23.0. The number of nitrogens with one attached hydrogen (secondary N) is 2. The van der Waals surface area contributed by atoms with Crippen LogP contribution >= 0.6 is 0 Å². The Morgan fingerprint density at radius 1 is 0.906 bits per heavy atom. The van der Waals surface area contributed by atoms with E-state index in [-0.39, 0.29) is 11.5 Å². The summed E-state index contributed by atoms with van der Waals surface area (Å²) in [7, 11) is 1.61. The van der Waals surface area contributed by atoms with Crippen molar-refractivity contribution in [2.24, 2.45) is 0 Å². The van der Waals surface area contributed by atoms with Gasteiger partial charge in [0.15, 0.2) is 0 Å². The summed E-state index contributed by atoms with van der Waals surface area (Å²) in [6, 6.07) is 24.8. The third kappa shape index (κ3) is 7.22. The number of rotatable bonds is 9. The summed E-state index contributed by atoms with van der Waals surface area (Å²) in [6.45, 7) is 7.24. The van der Waals surface area contributed by atoms with Crippen LogP contribution in [-0.2, 0) is 22.7 Å². The Bertz CT molecular complexity index is 1010. The second-order valence-electron chi connectivity index (χ2n) is 8.67. The van der Waals surface area contributed by atoms with Gasteiger partial charge in [0.25, 0.3) is 0 Å². The molecule has 3 rings (SSSR count). The molecule has 5 nitrogen and oxygen atoms in total. The van der Waals surface area contributed by atoms with Gasteiger partial charge in [-0.2, -0.15) is 0 Å². The van der Waals surface area contributed by atoms with E-state index < -0.39 is 6.04 Å². The van der Waals surface area contributed by atoms with Crippen LogP contribution in [0, 0.1) is 0 Å². The second-order valence-corrected chi connectivity index (χ2v) is 8.67. The van der Waals surface area contributed by atoms with Crippen molar-refractivity contribution in [1.82, 2.24) is 5.32 Å². The second kappa shape index (κ2) is 10.9. The zero-order valence-corrected chi connectivity index (χ0v) is 19.2. The van der Waals surface area contributed by atoms with Crippen LogP contribution in [0.1, 0.15) is 43.5 Å². The molecule has 0 fully saturated rings. The van der Waals surface area contributed by atoms with Crippen molar-refractivity contribution < 1.29 is 14.3 Å². The fourth-order valence-electron chi connectivity index (χ4n) is 3.27. The molecular weight excluding hydrogens is 400 g/mol. The van der Waals surface area contributed by atoms with E-state index in [0.717, 1.165) is 16.7 Å². The molecule has 32 heavy (non-hydrogen) atoms. The summed E-state index contributed by atoms with van der Waals surface area (Å²) in [5.74, 6) is 0.568. The number of carbonyl (C=O) groups is 1. The molecule has 168 valence electrons. The number of carbonyl (C=O) groups excluding carboxylic acids is 1. The lowest BCUT2D eigenvalue weighted by molar-refractivity contribution is -0.118. The average Bonchev–Trinajstić information content (AvgIpc) is 2.78. The highest BCUT2D eigenvalue weighted by atomic mass is 16.5. The number of hydrogen-bond donors (Lipinski definition) is 2. The van der Waals surface area contributed by atoms with E-state index in [2.05, 4.69) is 28.8 Å². The Kier molecular flexibility index (Phi) is 8.03. The molecule has 0 aliphatic carbocycles. The summed E-state index contributed by atoms with van der Waals surface area (Å²) in [4.78, 5) is 13.2. The van der Waals surface area contributed by atoms with E-state index in [9.17, 15) is 4.79 Å². The van der Waals surface area contributed by atoms with Gasteiger partial charge < -0.3 is 14.8 Å². The van der Waals surface area contributed by atoms with E-state index in [0.29, 0.717) is 24.6 Å². The van der Waals surface area contributed by atoms with Crippen LogP contribution in [0.15, 0.2) is 78.9 Å². The largest absolute Gasteiger partial charge is 0.497 e. The standard InChI is InChI=1S/C27H32N2O3/c1-27(2,3)32-19-21-11-8-10-20(16-21)18-28-25(22-12-6-5-7-13-22)26(30)29-23-14-9-15-24(17-23)31-4/h5-17,25,28H,18-19H2,1-4H3,(H,29,30). The first-order chi connectivity index (χ1) is 15.3.